The van der Waals surface area contributed by atoms with Crippen molar-refractivity contribution in [3.8, 4) is 0 Å². The van der Waals surface area contributed by atoms with E-state index in [0.29, 0.717) is 17.4 Å². The molecule has 1 aliphatic carbocycles. The van der Waals surface area contributed by atoms with Crippen molar-refractivity contribution >= 4 is 9.84 Å². The van der Waals surface area contributed by atoms with Crippen LogP contribution in [0.15, 0.2) is 29.2 Å². The molecule has 1 atom stereocenters. The molecule has 0 amide bonds. The third-order valence-electron chi connectivity index (χ3n) is 4.07. The Bertz CT molecular complexity index is 550. The van der Waals surface area contributed by atoms with Gasteiger partial charge in [0.2, 0.25) is 0 Å². The molecule has 1 aromatic carbocycles. The zero-order valence-corrected chi connectivity index (χ0v) is 14.0. The van der Waals surface area contributed by atoms with Gasteiger partial charge < -0.3 is 5.32 Å². The maximum absolute atomic E-state index is 12.4. The summed E-state index contributed by atoms with van der Waals surface area (Å²) in [6.07, 6.45) is 5.14. The summed E-state index contributed by atoms with van der Waals surface area (Å²) in [4.78, 5) is 0.538. The van der Waals surface area contributed by atoms with Crippen molar-refractivity contribution in [1.82, 2.24) is 5.32 Å². The normalized spacial score (nSPS) is 16.9. The SMILES string of the molecule is CCCNC(Cc1ccccc1S(=O)(=O)CCC)C1CC1. The molecular weight excluding hydrogens is 282 g/mol. The number of rotatable bonds is 9. The van der Waals surface area contributed by atoms with Gasteiger partial charge in [-0.1, -0.05) is 32.0 Å². The predicted molar refractivity (Wildman–Crippen MR) is 87.3 cm³/mol. The maximum Gasteiger partial charge on any atom is 0.178 e. The van der Waals surface area contributed by atoms with Crippen LogP contribution in [-0.4, -0.2) is 26.8 Å². The molecular formula is C17H27NO2S. The monoisotopic (exact) mass is 309 g/mol. The lowest BCUT2D eigenvalue weighted by molar-refractivity contribution is 0.457. The summed E-state index contributed by atoms with van der Waals surface area (Å²) in [5.41, 5.74) is 0.978. The Kier molecular flexibility index (Phi) is 5.82. The van der Waals surface area contributed by atoms with E-state index in [1.807, 2.05) is 25.1 Å². The van der Waals surface area contributed by atoms with E-state index in [0.717, 1.165) is 30.9 Å². The average Bonchev–Trinajstić information content (AvgIpc) is 3.28. The van der Waals surface area contributed by atoms with Crippen molar-refractivity contribution in [1.29, 1.82) is 0 Å². The van der Waals surface area contributed by atoms with E-state index >= 15 is 0 Å². The van der Waals surface area contributed by atoms with E-state index in [1.54, 1.807) is 6.07 Å². The van der Waals surface area contributed by atoms with Gasteiger partial charge >= 0.3 is 0 Å². The van der Waals surface area contributed by atoms with Gasteiger partial charge in [-0.25, -0.2) is 8.42 Å². The van der Waals surface area contributed by atoms with Gasteiger partial charge in [-0.3, -0.25) is 0 Å². The third-order valence-corrected chi connectivity index (χ3v) is 6.08. The molecule has 0 saturated heterocycles. The largest absolute Gasteiger partial charge is 0.313 e. The molecule has 1 aromatic rings. The highest BCUT2D eigenvalue weighted by molar-refractivity contribution is 7.91. The van der Waals surface area contributed by atoms with Crippen LogP contribution in [-0.2, 0) is 16.3 Å². The number of hydrogen-bond acceptors (Lipinski definition) is 3. The number of hydrogen-bond donors (Lipinski definition) is 1. The topological polar surface area (TPSA) is 46.2 Å². The van der Waals surface area contributed by atoms with Gasteiger partial charge in [0.05, 0.1) is 10.6 Å². The molecule has 0 spiro atoms. The number of nitrogens with one attached hydrogen (secondary N) is 1. The average molecular weight is 309 g/mol. The zero-order chi connectivity index (χ0) is 15.3. The van der Waals surface area contributed by atoms with Crippen molar-refractivity contribution in [2.24, 2.45) is 5.92 Å². The van der Waals surface area contributed by atoms with Crippen molar-refractivity contribution in [3.63, 3.8) is 0 Å². The lowest BCUT2D eigenvalue weighted by Crippen LogP contribution is -2.34. The van der Waals surface area contributed by atoms with E-state index in [2.05, 4.69) is 12.2 Å². The molecule has 4 heteroatoms. The van der Waals surface area contributed by atoms with E-state index < -0.39 is 9.84 Å². The smallest absolute Gasteiger partial charge is 0.178 e. The first-order valence-corrected chi connectivity index (χ1v) is 9.77. The molecule has 118 valence electrons. The molecule has 0 aliphatic heterocycles. The maximum atomic E-state index is 12.4. The van der Waals surface area contributed by atoms with E-state index in [9.17, 15) is 8.42 Å². The summed E-state index contributed by atoms with van der Waals surface area (Å²) < 4.78 is 24.8. The van der Waals surface area contributed by atoms with Gasteiger partial charge in [-0.05, 0) is 56.2 Å². The Labute approximate surface area is 129 Å². The fraction of sp³-hybridized carbons (Fsp3) is 0.647. The fourth-order valence-corrected chi connectivity index (χ4v) is 4.42. The number of benzene rings is 1. The lowest BCUT2D eigenvalue weighted by atomic mass is 10.0. The molecule has 0 heterocycles. The van der Waals surface area contributed by atoms with Crippen molar-refractivity contribution in [2.75, 3.05) is 12.3 Å². The second-order valence-corrected chi connectivity index (χ2v) is 8.11. The van der Waals surface area contributed by atoms with Crippen LogP contribution in [0.2, 0.25) is 0 Å². The molecule has 1 unspecified atom stereocenters. The zero-order valence-electron chi connectivity index (χ0n) is 13.1. The summed E-state index contributed by atoms with van der Waals surface area (Å²) in [6, 6.07) is 7.94. The summed E-state index contributed by atoms with van der Waals surface area (Å²) in [5.74, 6) is 0.957. The Hall–Kier alpha value is -0.870. The van der Waals surface area contributed by atoms with E-state index in [-0.39, 0.29) is 5.75 Å². The van der Waals surface area contributed by atoms with Gasteiger partial charge in [0.25, 0.3) is 0 Å². The highest BCUT2D eigenvalue weighted by atomic mass is 32.2. The molecule has 2 rings (SSSR count). The Morgan fingerprint density at radius 3 is 2.52 bits per heavy atom. The van der Waals surface area contributed by atoms with Crippen molar-refractivity contribution in [2.45, 2.75) is 56.9 Å². The van der Waals surface area contributed by atoms with E-state index in [4.69, 9.17) is 0 Å². The minimum absolute atomic E-state index is 0.237. The van der Waals surface area contributed by atoms with Gasteiger partial charge in [-0.15, -0.1) is 0 Å². The molecule has 0 radical (unpaired) electrons. The van der Waals surface area contributed by atoms with Crippen LogP contribution in [0.5, 0.6) is 0 Å². The van der Waals surface area contributed by atoms with Gasteiger partial charge in [0.1, 0.15) is 0 Å². The Morgan fingerprint density at radius 1 is 1.19 bits per heavy atom. The highest BCUT2D eigenvalue weighted by Crippen LogP contribution is 2.35. The van der Waals surface area contributed by atoms with Crippen LogP contribution in [0, 0.1) is 5.92 Å². The molecule has 0 bridgehead atoms. The van der Waals surface area contributed by atoms with Gasteiger partial charge in [0, 0.05) is 6.04 Å². The van der Waals surface area contributed by atoms with Crippen LogP contribution in [0.25, 0.3) is 0 Å². The summed E-state index contributed by atoms with van der Waals surface area (Å²) in [7, 11) is -3.14. The molecule has 3 nitrogen and oxygen atoms in total. The molecule has 1 N–H and O–H groups in total. The second-order valence-electron chi connectivity index (χ2n) is 6.03. The highest BCUT2D eigenvalue weighted by Gasteiger charge is 2.31. The summed E-state index contributed by atoms with van der Waals surface area (Å²) in [5, 5.41) is 3.60. The minimum Gasteiger partial charge on any atom is -0.313 e. The molecule has 21 heavy (non-hydrogen) atoms. The Balaban J connectivity index is 2.19. The summed E-state index contributed by atoms with van der Waals surface area (Å²) >= 11 is 0. The lowest BCUT2D eigenvalue weighted by Gasteiger charge is -2.20. The molecule has 1 aliphatic rings. The minimum atomic E-state index is -3.14. The van der Waals surface area contributed by atoms with Crippen LogP contribution in [0.3, 0.4) is 0 Å². The second kappa shape index (κ2) is 7.41. The molecule has 1 saturated carbocycles. The predicted octanol–water partition coefficient (Wildman–Crippen LogP) is 3.19. The van der Waals surface area contributed by atoms with Crippen LogP contribution < -0.4 is 5.32 Å². The first kappa shape index (κ1) is 16.5. The number of sulfone groups is 1. The first-order valence-electron chi connectivity index (χ1n) is 8.12. The fourth-order valence-electron chi connectivity index (χ4n) is 2.83. The standard InChI is InChI=1S/C17H27NO2S/c1-3-11-18-16(14-9-10-14)13-15-7-5-6-8-17(15)21(19,20)12-4-2/h5-8,14,16,18H,3-4,9-13H2,1-2H3. The first-order chi connectivity index (χ1) is 10.1. The Morgan fingerprint density at radius 2 is 1.90 bits per heavy atom. The summed E-state index contributed by atoms with van der Waals surface area (Å²) in [6.45, 7) is 5.08. The van der Waals surface area contributed by atoms with Gasteiger partial charge in [0.15, 0.2) is 9.84 Å². The van der Waals surface area contributed by atoms with E-state index in [1.165, 1.54) is 12.8 Å². The molecule has 0 aromatic heterocycles. The molecule has 1 fully saturated rings. The quantitative estimate of drug-likeness (QED) is 0.762. The van der Waals surface area contributed by atoms with Crippen LogP contribution >= 0.6 is 0 Å². The van der Waals surface area contributed by atoms with Crippen molar-refractivity contribution < 1.29 is 8.42 Å². The van der Waals surface area contributed by atoms with Crippen LogP contribution in [0.4, 0.5) is 0 Å². The third kappa shape index (κ3) is 4.55. The van der Waals surface area contributed by atoms with Crippen molar-refractivity contribution in [3.05, 3.63) is 29.8 Å². The van der Waals surface area contributed by atoms with Crippen LogP contribution in [0.1, 0.15) is 45.1 Å². The van der Waals surface area contributed by atoms with Gasteiger partial charge in [-0.2, -0.15) is 0 Å².